The molecule has 0 aliphatic carbocycles. The summed E-state index contributed by atoms with van der Waals surface area (Å²) in [5.74, 6) is -2.17. The van der Waals surface area contributed by atoms with E-state index in [0.29, 0.717) is 29.0 Å². The van der Waals surface area contributed by atoms with Crippen molar-refractivity contribution in [2.75, 3.05) is 10.6 Å². The molecule has 0 aliphatic rings. The number of rotatable bonds is 10. The molecule has 0 amide bonds. The van der Waals surface area contributed by atoms with E-state index in [9.17, 15) is 32.3 Å². The first-order valence-electron chi connectivity index (χ1n) is 16.7. The molecule has 0 spiro atoms. The number of nitrogens with zero attached hydrogens (tertiary/aromatic N) is 4. The van der Waals surface area contributed by atoms with Crippen molar-refractivity contribution in [3.63, 3.8) is 0 Å². The largest absolute Gasteiger partial charge is 0.350 e. The molecule has 2 N–H and O–H groups in total. The van der Waals surface area contributed by atoms with E-state index in [1.807, 2.05) is 12.1 Å². The van der Waals surface area contributed by atoms with E-state index in [1.165, 1.54) is 71.7 Å². The van der Waals surface area contributed by atoms with Gasteiger partial charge in [0.2, 0.25) is 0 Å². The summed E-state index contributed by atoms with van der Waals surface area (Å²) in [6.07, 6.45) is 0. The molecule has 54 heavy (non-hydrogen) atoms. The minimum atomic E-state index is -0.521. The fourth-order valence-corrected chi connectivity index (χ4v) is 5.98. The van der Waals surface area contributed by atoms with Gasteiger partial charge in [0.15, 0.2) is 11.6 Å². The molecule has 0 saturated carbocycles. The standard InChI is InChI=1S/C20H17BrFN3O2.C20H17F2N3O2/c1-3-25-20(27)19(23-16-9-5-7-14(21)11-16)17(12(2)26)18(24-25)13-6-4-8-15(22)10-13;1-3-25-20(27)19(23-16-9-5-8-15(22)11-16)17(12(2)26)18(24-25)13-6-4-7-14(21)10-13/h2*4-11,23H,3H2,1-2H3. The molecular weight excluding hydrogens is 765 g/mol. The summed E-state index contributed by atoms with van der Waals surface area (Å²) >= 11 is 3.38. The maximum atomic E-state index is 13.7. The quantitative estimate of drug-likeness (QED) is 0.132. The number of ketones is 2. The zero-order valence-electron chi connectivity index (χ0n) is 29.6. The van der Waals surface area contributed by atoms with Crippen LogP contribution in [0.2, 0.25) is 0 Å². The second kappa shape index (κ2) is 17.1. The Morgan fingerprint density at radius 3 is 1.37 bits per heavy atom. The fourth-order valence-electron chi connectivity index (χ4n) is 5.58. The number of carbonyl (C=O) groups excluding carboxylic acids is 2. The molecule has 0 radical (unpaired) electrons. The van der Waals surface area contributed by atoms with Crippen molar-refractivity contribution in [2.24, 2.45) is 0 Å². The number of carbonyl (C=O) groups is 2. The second-order valence-electron chi connectivity index (χ2n) is 11.8. The van der Waals surface area contributed by atoms with Gasteiger partial charge in [-0.1, -0.05) is 52.3 Å². The normalized spacial score (nSPS) is 10.7. The van der Waals surface area contributed by atoms with E-state index in [1.54, 1.807) is 50.2 Å². The van der Waals surface area contributed by atoms with Crippen molar-refractivity contribution in [1.29, 1.82) is 0 Å². The number of aryl methyl sites for hydroxylation is 2. The van der Waals surface area contributed by atoms with Crippen molar-refractivity contribution < 1.29 is 22.8 Å². The lowest BCUT2D eigenvalue weighted by molar-refractivity contribution is 0.101. The molecular formula is C40H34BrF3N6O4. The third-order valence-electron chi connectivity index (χ3n) is 8.00. The lowest BCUT2D eigenvalue weighted by atomic mass is 10.0. The van der Waals surface area contributed by atoms with Gasteiger partial charge in [-0.3, -0.25) is 19.2 Å². The zero-order valence-corrected chi connectivity index (χ0v) is 31.2. The molecule has 2 heterocycles. The molecule has 6 rings (SSSR count). The Kier molecular flexibility index (Phi) is 12.4. The number of anilines is 4. The lowest BCUT2D eigenvalue weighted by Gasteiger charge is -2.16. The van der Waals surface area contributed by atoms with Gasteiger partial charge in [-0.05, 0) is 88.4 Å². The smallest absolute Gasteiger partial charge is 0.291 e. The molecule has 0 aliphatic heterocycles. The summed E-state index contributed by atoms with van der Waals surface area (Å²) in [5.41, 5.74) is 1.52. The van der Waals surface area contributed by atoms with Gasteiger partial charge in [-0.2, -0.15) is 10.2 Å². The number of Topliss-reactive ketones (excluding diaryl/α,β-unsaturated/α-hetero) is 2. The summed E-state index contributed by atoms with van der Waals surface area (Å²) < 4.78 is 44.2. The SMILES string of the molecule is CCn1nc(-c2cccc(F)c2)c(C(C)=O)c(Nc2cccc(Br)c2)c1=O.CCn1nc(-c2cccc(F)c2)c(C(C)=O)c(Nc2cccc(F)c2)c1=O. The number of aromatic nitrogens is 4. The van der Waals surface area contributed by atoms with Crippen molar-refractivity contribution in [3.8, 4) is 22.5 Å². The minimum absolute atomic E-state index is 0.0239. The van der Waals surface area contributed by atoms with Crippen molar-refractivity contribution in [1.82, 2.24) is 19.6 Å². The van der Waals surface area contributed by atoms with Gasteiger partial charge in [-0.15, -0.1) is 0 Å². The maximum absolute atomic E-state index is 13.7. The van der Waals surface area contributed by atoms with Gasteiger partial charge in [-0.25, -0.2) is 22.5 Å². The van der Waals surface area contributed by atoms with Crippen LogP contribution >= 0.6 is 15.9 Å². The molecule has 10 nitrogen and oxygen atoms in total. The predicted octanol–water partition coefficient (Wildman–Crippen LogP) is 8.93. The van der Waals surface area contributed by atoms with Gasteiger partial charge in [0.1, 0.15) is 40.2 Å². The number of nitrogens with one attached hydrogen (secondary N) is 2. The highest BCUT2D eigenvalue weighted by atomic mass is 79.9. The highest BCUT2D eigenvalue weighted by Crippen LogP contribution is 2.30. The van der Waals surface area contributed by atoms with Crippen LogP contribution in [0.25, 0.3) is 22.5 Å². The van der Waals surface area contributed by atoms with Gasteiger partial charge in [0, 0.05) is 40.1 Å². The molecule has 0 saturated heterocycles. The Bertz CT molecular complexity index is 2330. The summed E-state index contributed by atoms with van der Waals surface area (Å²) in [7, 11) is 0. The van der Waals surface area contributed by atoms with Crippen LogP contribution in [0.3, 0.4) is 0 Å². The van der Waals surface area contributed by atoms with E-state index < -0.39 is 34.4 Å². The summed E-state index contributed by atoms with van der Waals surface area (Å²) in [6, 6.07) is 24.2. The molecule has 4 aromatic carbocycles. The average Bonchev–Trinajstić information content (AvgIpc) is 3.13. The Morgan fingerprint density at radius 2 is 1.00 bits per heavy atom. The lowest BCUT2D eigenvalue weighted by Crippen LogP contribution is -2.28. The summed E-state index contributed by atoms with van der Waals surface area (Å²) in [5, 5.41) is 14.4. The molecule has 14 heteroatoms. The third kappa shape index (κ3) is 8.89. The number of benzene rings is 4. The Hall–Kier alpha value is -6.15. The molecule has 0 bridgehead atoms. The van der Waals surface area contributed by atoms with Gasteiger partial charge in [0.05, 0.1) is 11.1 Å². The van der Waals surface area contributed by atoms with E-state index in [-0.39, 0.29) is 46.2 Å². The molecule has 0 fully saturated rings. The van der Waals surface area contributed by atoms with Crippen LogP contribution in [0.5, 0.6) is 0 Å². The molecule has 2 aromatic heterocycles. The fraction of sp³-hybridized carbons (Fsp3) is 0.150. The van der Waals surface area contributed by atoms with Crippen molar-refractivity contribution >= 4 is 50.2 Å². The van der Waals surface area contributed by atoms with Crippen molar-refractivity contribution in [3.05, 3.63) is 151 Å². The second-order valence-corrected chi connectivity index (χ2v) is 12.8. The van der Waals surface area contributed by atoms with E-state index in [2.05, 4.69) is 36.8 Å². The van der Waals surface area contributed by atoms with Crippen LogP contribution in [0.1, 0.15) is 48.4 Å². The monoisotopic (exact) mass is 798 g/mol. The zero-order chi connectivity index (χ0) is 39.1. The number of hydrogen-bond donors (Lipinski definition) is 2. The first-order chi connectivity index (χ1) is 25.8. The van der Waals surface area contributed by atoms with Gasteiger partial charge < -0.3 is 10.6 Å². The minimum Gasteiger partial charge on any atom is -0.350 e. The topological polar surface area (TPSA) is 128 Å². The predicted molar refractivity (Wildman–Crippen MR) is 206 cm³/mol. The molecule has 0 atom stereocenters. The first kappa shape index (κ1) is 39.1. The van der Waals surface area contributed by atoms with Crippen LogP contribution in [0, 0.1) is 17.5 Å². The van der Waals surface area contributed by atoms with Crippen LogP contribution in [0.15, 0.2) is 111 Å². The number of halogens is 4. The van der Waals surface area contributed by atoms with Gasteiger partial charge in [0.25, 0.3) is 11.1 Å². The molecule has 6 aromatic rings. The Labute approximate surface area is 316 Å². The highest BCUT2D eigenvalue weighted by Gasteiger charge is 2.24. The van der Waals surface area contributed by atoms with Crippen LogP contribution < -0.4 is 21.8 Å². The third-order valence-corrected chi connectivity index (χ3v) is 8.49. The number of hydrogen-bond acceptors (Lipinski definition) is 8. The van der Waals surface area contributed by atoms with Crippen LogP contribution in [-0.2, 0) is 13.1 Å². The van der Waals surface area contributed by atoms with E-state index >= 15 is 0 Å². The van der Waals surface area contributed by atoms with Gasteiger partial charge >= 0.3 is 0 Å². The maximum Gasteiger partial charge on any atom is 0.291 e. The molecule has 0 unspecified atom stereocenters. The Balaban J connectivity index is 0.000000208. The molecule has 276 valence electrons. The highest BCUT2D eigenvalue weighted by molar-refractivity contribution is 9.10. The van der Waals surface area contributed by atoms with Crippen LogP contribution in [-0.4, -0.2) is 31.1 Å². The summed E-state index contributed by atoms with van der Waals surface area (Å²) in [4.78, 5) is 50.4. The van der Waals surface area contributed by atoms with Crippen LogP contribution in [0.4, 0.5) is 35.9 Å². The van der Waals surface area contributed by atoms with E-state index in [4.69, 9.17) is 0 Å². The summed E-state index contributed by atoms with van der Waals surface area (Å²) in [6.45, 7) is 6.72. The van der Waals surface area contributed by atoms with E-state index in [0.717, 1.165) is 4.47 Å². The first-order valence-corrected chi connectivity index (χ1v) is 17.5. The Morgan fingerprint density at radius 1 is 0.611 bits per heavy atom. The average molecular weight is 800 g/mol. The van der Waals surface area contributed by atoms with Crippen molar-refractivity contribution in [2.45, 2.75) is 40.8 Å².